The summed E-state index contributed by atoms with van der Waals surface area (Å²) in [5.74, 6) is -3.64. The van der Waals surface area contributed by atoms with Crippen LogP contribution in [0.2, 0.25) is 0 Å². The van der Waals surface area contributed by atoms with Crippen LogP contribution in [0.4, 0.5) is 0 Å². The Morgan fingerprint density at radius 2 is 1.18 bits per heavy atom. The summed E-state index contributed by atoms with van der Waals surface area (Å²) < 4.78 is 54.7. The van der Waals surface area contributed by atoms with E-state index in [9.17, 15) is 37.2 Å². The van der Waals surface area contributed by atoms with E-state index in [0.29, 0.717) is 29.5 Å². The molecule has 3 saturated heterocycles. The first kappa shape index (κ1) is 39.6. The van der Waals surface area contributed by atoms with Crippen LogP contribution in [0.1, 0.15) is 62.3 Å². The van der Waals surface area contributed by atoms with Gasteiger partial charge in [0.15, 0.2) is 0 Å². The highest BCUT2D eigenvalue weighted by atomic mass is 32.2. The maximum absolute atomic E-state index is 12.8. The number of amides is 1. The lowest BCUT2D eigenvalue weighted by Crippen LogP contribution is -2.33. The molecule has 0 spiro atoms. The lowest BCUT2D eigenvalue weighted by molar-refractivity contribution is -0.143. The molecule has 2 saturated carbocycles. The van der Waals surface area contributed by atoms with Crippen molar-refractivity contribution in [2.24, 2.45) is 23.7 Å². The molecule has 0 radical (unpaired) electrons. The normalized spacial score (nSPS) is 28.2. The molecule has 8 rings (SSSR count). The van der Waals surface area contributed by atoms with Gasteiger partial charge >= 0.3 is 40.1 Å². The first-order valence-electron chi connectivity index (χ1n) is 18.5. The summed E-state index contributed by atoms with van der Waals surface area (Å²) in [5.41, 5.74) is 1.65. The van der Waals surface area contributed by atoms with Crippen LogP contribution in [0.25, 0.3) is 0 Å². The Bertz CT molecular complexity index is 2020. The average Bonchev–Trinajstić information content (AvgIpc) is 3.96. The minimum absolute atomic E-state index is 0.0287. The molecule has 5 aliphatic rings. The van der Waals surface area contributed by atoms with Crippen molar-refractivity contribution in [1.82, 2.24) is 9.03 Å². The van der Waals surface area contributed by atoms with Gasteiger partial charge in [0.2, 0.25) is 5.91 Å². The number of hydrogen-bond acceptors (Lipinski definition) is 13. The fraction of sp³-hybridized carbons (Fsp3) is 0.400. The predicted molar refractivity (Wildman–Crippen MR) is 195 cm³/mol. The van der Waals surface area contributed by atoms with Gasteiger partial charge in [-0.3, -0.25) is 14.4 Å². The summed E-state index contributed by atoms with van der Waals surface area (Å²) in [6, 6.07) is 23.3. The minimum atomic E-state index is -3.74. The van der Waals surface area contributed by atoms with Crippen LogP contribution in [-0.2, 0) is 54.8 Å². The smallest absolute Gasteiger partial charge is 0.338 e. The summed E-state index contributed by atoms with van der Waals surface area (Å²) in [4.78, 5) is 71.1. The maximum Gasteiger partial charge on any atom is 0.338 e. The lowest BCUT2D eigenvalue weighted by Gasteiger charge is -2.26. The van der Waals surface area contributed by atoms with E-state index in [0.717, 1.165) is 4.31 Å². The van der Waals surface area contributed by atoms with Gasteiger partial charge in [-0.05, 0) is 42.0 Å². The SMILES string of the molecule is O=C1CN(Cc2ccc(C(=O)O)cc2)S(=O)(=O)N1.O=C1C[C@@H]2[C@@H](COC[C@@H]3[C@H]4CC(=O)O[C@H]4C[C@H]3OC(=O)c3ccccc3)[C@H](OC(=O)c3ccccc3)C[C@@H]2O1. The fourth-order valence-electron chi connectivity index (χ4n) is 8.13. The zero-order valence-corrected chi connectivity index (χ0v) is 31.3. The molecule has 0 bridgehead atoms. The molecule has 3 aromatic rings. The predicted octanol–water partition coefficient (Wildman–Crippen LogP) is 2.92. The number of carboxylic acid groups (broad SMARTS) is 1. The number of nitrogens with one attached hydrogen (secondary N) is 1. The van der Waals surface area contributed by atoms with Crippen LogP contribution >= 0.6 is 0 Å². The topological polar surface area (TPSA) is 218 Å². The molecule has 3 aromatic carbocycles. The van der Waals surface area contributed by atoms with E-state index in [1.54, 1.807) is 48.5 Å². The molecular formula is C40H40N2O14S. The maximum atomic E-state index is 12.8. The molecule has 8 atom stereocenters. The van der Waals surface area contributed by atoms with Crippen LogP contribution in [0, 0.1) is 23.7 Å². The summed E-state index contributed by atoms with van der Waals surface area (Å²) in [7, 11) is -3.74. The number of ether oxygens (including phenoxy) is 5. The number of carboxylic acids is 1. The Labute approximate surface area is 327 Å². The van der Waals surface area contributed by atoms with E-state index in [4.69, 9.17) is 28.8 Å². The van der Waals surface area contributed by atoms with Crippen molar-refractivity contribution in [2.45, 2.75) is 56.6 Å². The van der Waals surface area contributed by atoms with Gasteiger partial charge in [-0.25, -0.2) is 19.1 Å². The van der Waals surface area contributed by atoms with Crippen molar-refractivity contribution in [2.75, 3.05) is 19.8 Å². The van der Waals surface area contributed by atoms with Gasteiger partial charge < -0.3 is 28.8 Å². The molecule has 17 heteroatoms. The molecular weight excluding hydrogens is 765 g/mol. The van der Waals surface area contributed by atoms with Gasteiger partial charge in [-0.2, -0.15) is 12.7 Å². The number of rotatable bonds is 11. The number of hydrogen-bond donors (Lipinski definition) is 2. The summed E-state index contributed by atoms with van der Waals surface area (Å²) in [5, 5.41) is 8.72. The number of esters is 4. The zero-order valence-electron chi connectivity index (χ0n) is 30.5. The minimum Gasteiger partial charge on any atom is -0.478 e. The second-order valence-corrected chi connectivity index (χ2v) is 16.2. The quantitative estimate of drug-likeness (QED) is 0.211. The van der Waals surface area contributed by atoms with Crippen LogP contribution in [0.5, 0.6) is 0 Å². The lowest BCUT2D eigenvalue weighted by atomic mass is 9.91. The van der Waals surface area contributed by atoms with Crippen molar-refractivity contribution in [3.63, 3.8) is 0 Å². The van der Waals surface area contributed by atoms with Crippen molar-refractivity contribution >= 4 is 46.0 Å². The Kier molecular flexibility index (Phi) is 11.7. The standard InChI is InChI=1S/C30H30O9.C10H10N2O5S/c31-27-11-19-21(25(13-23(19)36-27)38-29(33)17-7-3-1-4-8-17)15-35-16-22-20-12-28(32)37-24(20)14-26(22)39-30(34)18-9-5-2-6-10-18;13-9-6-12(18(16,17)11-9)5-7-1-3-8(4-2-7)10(14)15/h1-10,19-26H,11-16H2;1-4H,5-6H2,(H,11,13)(H,14,15)/t19-,20-,21-,22-,23+,24+,25-,26-;/m1./s1. The molecule has 5 fully saturated rings. The van der Waals surface area contributed by atoms with Crippen molar-refractivity contribution in [3.05, 3.63) is 107 Å². The number of carbonyl (C=O) groups is 6. The Hall–Kier alpha value is -5.65. The molecule has 2 aliphatic carbocycles. The van der Waals surface area contributed by atoms with Gasteiger partial charge in [0.1, 0.15) is 24.4 Å². The Morgan fingerprint density at radius 1 is 0.702 bits per heavy atom. The molecule has 1 amide bonds. The zero-order chi connectivity index (χ0) is 40.3. The number of benzene rings is 3. The summed E-state index contributed by atoms with van der Waals surface area (Å²) in [6.45, 7) is 0.295. The molecule has 0 unspecified atom stereocenters. The van der Waals surface area contributed by atoms with Crippen LogP contribution in [-0.4, -0.2) is 97.8 Å². The van der Waals surface area contributed by atoms with E-state index in [1.807, 2.05) is 16.9 Å². The molecule has 2 N–H and O–H groups in total. The second kappa shape index (κ2) is 16.8. The molecule has 0 aromatic heterocycles. The van der Waals surface area contributed by atoms with Gasteiger partial charge in [-0.15, -0.1) is 0 Å². The van der Waals surface area contributed by atoms with E-state index in [2.05, 4.69) is 0 Å². The molecule has 57 heavy (non-hydrogen) atoms. The molecule has 300 valence electrons. The molecule has 16 nitrogen and oxygen atoms in total. The first-order valence-corrected chi connectivity index (χ1v) is 19.9. The average molecular weight is 805 g/mol. The number of fused-ring (bicyclic) bond motifs is 2. The van der Waals surface area contributed by atoms with Gasteiger partial charge in [0.25, 0.3) is 0 Å². The highest BCUT2D eigenvalue weighted by molar-refractivity contribution is 7.88. The molecule has 3 heterocycles. The highest BCUT2D eigenvalue weighted by Crippen LogP contribution is 2.45. The second-order valence-electron chi connectivity index (χ2n) is 14.5. The van der Waals surface area contributed by atoms with E-state index in [1.165, 1.54) is 24.3 Å². The molecule has 3 aliphatic heterocycles. The van der Waals surface area contributed by atoms with Crippen molar-refractivity contribution in [3.8, 4) is 0 Å². The van der Waals surface area contributed by atoms with Crippen molar-refractivity contribution in [1.29, 1.82) is 0 Å². The van der Waals surface area contributed by atoms with Crippen LogP contribution in [0.3, 0.4) is 0 Å². The van der Waals surface area contributed by atoms with E-state index < -0.39 is 46.2 Å². The van der Waals surface area contributed by atoms with Crippen LogP contribution in [0.15, 0.2) is 84.9 Å². The van der Waals surface area contributed by atoms with Crippen LogP contribution < -0.4 is 4.72 Å². The number of aromatic carboxylic acids is 1. The summed E-state index contributed by atoms with van der Waals surface area (Å²) >= 11 is 0. The van der Waals surface area contributed by atoms with Gasteiger partial charge in [0.05, 0.1) is 49.3 Å². The third kappa shape index (κ3) is 9.16. The number of carbonyl (C=O) groups excluding carboxylic acids is 5. The largest absolute Gasteiger partial charge is 0.478 e. The first-order chi connectivity index (χ1) is 27.3. The summed E-state index contributed by atoms with van der Waals surface area (Å²) in [6.07, 6.45) is -0.168. The third-order valence-corrected chi connectivity index (χ3v) is 12.4. The fourth-order valence-corrected chi connectivity index (χ4v) is 9.22. The van der Waals surface area contributed by atoms with Gasteiger partial charge in [-0.1, -0.05) is 48.5 Å². The van der Waals surface area contributed by atoms with E-state index >= 15 is 0 Å². The van der Waals surface area contributed by atoms with Gasteiger partial charge in [0, 0.05) is 43.1 Å². The third-order valence-electron chi connectivity index (χ3n) is 10.9. The van der Waals surface area contributed by atoms with E-state index in [-0.39, 0.29) is 92.5 Å². The Balaban J connectivity index is 0.000000231. The number of nitrogens with zero attached hydrogens (tertiary/aromatic N) is 1. The van der Waals surface area contributed by atoms with Crippen molar-refractivity contribution < 1.29 is 66.0 Å². The monoisotopic (exact) mass is 804 g/mol. The highest BCUT2D eigenvalue weighted by Gasteiger charge is 2.54. The Morgan fingerprint density at radius 3 is 1.60 bits per heavy atom.